The van der Waals surface area contributed by atoms with E-state index in [9.17, 15) is 59.9 Å². The highest BCUT2D eigenvalue weighted by molar-refractivity contribution is 6.01. The van der Waals surface area contributed by atoms with Crippen LogP contribution in [0.5, 0.6) is 0 Å². The molecule has 11 atom stereocenters. The number of nitrogens with zero attached hydrogens (tertiary/aromatic N) is 9. The molecule has 7 rings (SSSR count). The van der Waals surface area contributed by atoms with Crippen LogP contribution in [-0.2, 0) is 89.1 Å². The first-order valence-corrected chi connectivity index (χ1v) is 36.7. The standard InChI is InChI=1S/C76H102F8N12O12/c1-14-44(3)62-71(106)90(9)47(6)66(101)96-37-32-55(96)69(104)92(11)57(41-49-26-29-51(30-27-49)75(79,80)81)68(103)88(7)43-59(97)85-54(31-28-50-38-52(77)61(53(78)39-50)76(82,83)84)67(102)91(10)56(40-48-24-18-16-19-25-48)65(100)87-74(33-20-21-34-74)73(108)94(13)63(45(4)15-2)72(107)93(12)58(70(105)95-35-22-17-23-36-95)42-60(98)89(8)46(5)64(99)86-62/h16,18-19,24-27,29-30,38-39,44-47,54-58,62-63H,14-15,17,20-23,28,31-37,40-43H2,1-13H3,(H,85,97)(H,86,99)(H,87,100)/t44-,45-,46-,47-,54-,55?,56+,57-,58-,62-,63-/m0/s1. The number of hydrogen-bond donors (Lipinski definition) is 3. The van der Waals surface area contributed by atoms with Crippen molar-refractivity contribution in [1.82, 2.24) is 60.0 Å². The smallest absolute Gasteiger partial charge is 0.343 e. The number of halogens is 8. The van der Waals surface area contributed by atoms with Crippen molar-refractivity contribution in [2.24, 2.45) is 11.8 Å². The predicted octanol–water partition coefficient (Wildman–Crippen LogP) is 6.39. The number of nitrogens with one attached hydrogen (secondary N) is 3. The molecule has 4 fully saturated rings. The van der Waals surface area contributed by atoms with Gasteiger partial charge < -0.3 is 60.0 Å². The maximum Gasteiger partial charge on any atom is 0.422 e. The zero-order valence-corrected chi connectivity index (χ0v) is 63.6. The highest BCUT2D eigenvalue weighted by Gasteiger charge is 2.51. The van der Waals surface area contributed by atoms with Crippen LogP contribution in [0.2, 0.25) is 0 Å². The average molecular weight is 1530 g/mol. The van der Waals surface area contributed by atoms with Crippen LogP contribution in [0, 0.1) is 23.5 Å². The number of hydrogen-bond acceptors (Lipinski definition) is 12. The molecule has 1 saturated carbocycles. The molecule has 3 aliphatic heterocycles. The number of aryl methyl sites for hydroxylation is 1. The normalized spacial score (nSPS) is 25.4. The fourth-order valence-corrected chi connectivity index (χ4v) is 14.5. The van der Waals surface area contributed by atoms with Gasteiger partial charge in [0.25, 0.3) is 0 Å². The SMILES string of the molecule is CC[C@H](C)[C@@H]1NC(=O)[C@H](C)N(C)C(=O)C[C@@H](C(=O)N2CCCCC2)N(C)C(=O)[C@H]([C@@H](C)CC)N(C)C(=O)C2(CCCC2)NC(=O)[C@@H](Cc2ccccc2)N(C)C(=O)[C@H](CCc2cc(F)c(C(F)(F)F)c(F)c2)NC(=O)CN(C)C(=O)[C@H](Cc2ccc(C(F)(F)F)cc2)N(C)C(=O)C2CCN2C(=O)[C@H](C)N(C)C1=O. The summed E-state index contributed by atoms with van der Waals surface area (Å²) in [5.41, 5.74) is -4.87. The van der Waals surface area contributed by atoms with Gasteiger partial charge in [0, 0.05) is 81.8 Å². The van der Waals surface area contributed by atoms with Crippen LogP contribution in [0.25, 0.3) is 0 Å². The van der Waals surface area contributed by atoms with Crippen molar-refractivity contribution in [3.05, 3.63) is 106 Å². The fourth-order valence-electron chi connectivity index (χ4n) is 14.5. The topological polar surface area (TPSA) is 270 Å². The number of rotatable bonds is 12. The van der Waals surface area contributed by atoms with Crippen LogP contribution in [0.1, 0.15) is 146 Å². The van der Waals surface area contributed by atoms with E-state index in [1.54, 1.807) is 62.9 Å². The third-order valence-electron chi connectivity index (χ3n) is 22.2. The molecule has 3 saturated heterocycles. The summed E-state index contributed by atoms with van der Waals surface area (Å²) in [5, 5.41) is 8.23. The molecule has 12 amide bonds. The number of carbonyl (C=O) groups excluding carboxylic acids is 12. The van der Waals surface area contributed by atoms with Gasteiger partial charge >= 0.3 is 12.4 Å². The van der Waals surface area contributed by atoms with Gasteiger partial charge in [-0.05, 0) is 118 Å². The maximum absolute atomic E-state index is 15.7. The predicted molar refractivity (Wildman–Crippen MR) is 381 cm³/mol. The Labute approximate surface area is 624 Å². The van der Waals surface area contributed by atoms with Crippen LogP contribution in [0.15, 0.2) is 66.7 Å². The molecule has 32 heteroatoms. The lowest BCUT2D eigenvalue weighted by molar-refractivity contribution is -0.160. The zero-order chi connectivity index (χ0) is 80.4. The van der Waals surface area contributed by atoms with Gasteiger partial charge in [-0.2, -0.15) is 26.3 Å². The number of likely N-dealkylation sites (tertiary alicyclic amines) is 1. The van der Waals surface area contributed by atoms with Gasteiger partial charge in [0.1, 0.15) is 77.1 Å². The number of amides is 12. The molecule has 108 heavy (non-hydrogen) atoms. The second kappa shape index (κ2) is 36.3. The molecule has 0 bridgehead atoms. The summed E-state index contributed by atoms with van der Waals surface area (Å²) in [4.78, 5) is 190. The van der Waals surface area contributed by atoms with Crippen molar-refractivity contribution in [3.63, 3.8) is 0 Å². The zero-order valence-electron chi connectivity index (χ0n) is 63.6. The summed E-state index contributed by atoms with van der Waals surface area (Å²) >= 11 is 0. The van der Waals surface area contributed by atoms with E-state index >= 15 is 32.8 Å². The van der Waals surface area contributed by atoms with Crippen molar-refractivity contribution in [1.29, 1.82) is 0 Å². The Balaban J connectivity index is 1.35. The van der Waals surface area contributed by atoms with E-state index in [2.05, 4.69) is 16.0 Å². The van der Waals surface area contributed by atoms with Crippen molar-refractivity contribution >= 4 is 70.9 Å². The Morgan fingerprint density at radius 1 is 0.565 bits per heavy atom. The second-order valence-corrected chi connectivity index (χ2v) is 29.4. The molecule has 0 radical (unpaired) electrons. The van der Waals surface area contributed by atoms with Gasteiger partial charge in [0.15, 0.2) is 0 Å². The molecule has 0 aromatic heterocycles. The van der Waals surface area contributed by atoms with E-state index in [1.165, 1.54) is 61.0 Å². The molecule has 1 unspecified atom stereocenters. The molecule has 3 aromatic rings. The average Bonchev–Trinajstić information content (AvgIpc) is 1.70. The van der Waals surface area contributed by atoms with E-state index in [-0.39, 0.29) is 44.2 Å². The first kappa shape index (κ1) is 86.0. The lowest BCUT2D eigenvalue weighted by atomic mass is 9.90. The minimum Gasteiger partial charge on any atom is -0.343 e. The van der Waals surface area contributed by atoms with E-state index in [4.69, 9.17) is 0 Å². The summed E-state index contributed by atoms with van der Waals surface area (Å²) < 4.78 is 114. The van der Waals surface area contributed by atoms with Crippen molar-refractivity contribution in [3.8, 4) is 0 Å². The third-order valence-corrected chi connectivity index (χ3v) is 22.2. The van der Waals surface area contributed by atoms with Crippen LogP contribution in [0.4, 0.5) is 35.1 Å². The summed E-state index contributed by atoms with van der Waals surface area (Å²) in [6, 6.07) is -0.529. The van der Waals surface area contributed by atoms with Crippen molar-refractivity contribution in [2.45, 2.75) is 210 Å². The van der Waals surface area contributed by atoms with Crippen LogP contribution in [-0.4, -0.2) is 250 Å². The maximum atomic E-state index is 15.7. The summed E-state index contributed by atoms with van der Waals surface area (Å²) in [6.45, 7) is 9.33. The minimum atomic E-state index is -5.46. The number of alkyl halides is 6. The summed E-state index contributed by atoms with van der Waals surface area (Å²) in [6.07, 6.45) is -9.44. The first-order valence-electron chi connectivity index (χ1n) is 36.7. The highest BCUT2D eigenvalue weighted by atomic mass is 19.4. The van der Waals surface area contributed by atoms with Gasteiger partial charge in [0.2, 0.25) is 70.9 Å². The van der Waals surface area contributed by atoms with Gasteiger partial charge in [0.05, 0.1) is 18.5 Å². The van der Waals surface area contributed by atoms with Crippen molar-refractivity contribution in [2.75, 3.05) is 75.5 Å². The number of benzene rings is 3. The van der Waals surface area contributed by atoms with Crippen LogP contribution >= 0.6 is 0 Å². The number of carbonyl (C=O) groups is 12. The Morgan fingerprint density at radius 2 is 1.13 bits per heavy atom. The van der Waals surface area contributed by atoms with Crippen LogP contribution in [0.3, 0.4) is 0 Å². The Kier molecular flexibility index (Phi) is 28.9. The molecule has 1 spiro atoms. The molecule has 24 nitrogen and oxygen atoms in total. The van der Waals surface area contributed by atoms with Gasteiger partial charge in [-0.15, -0.1) is 0 Å². The number of likely N-dealkylation sites (N-methyl/N-ethyl adjacent to an activating group) is 7. The molecule has 3 N–H and O–H groups in total. The Hall–Kier alpha value is -9.26. The van der Waals surface area contributed by atoms with Crippen molar-refractivity contribution < 1.29 is 92.7 Å². The van der Waals surface area contributed by atoms with Gasteiger partial charge in [-0.1, -0.05) is 95.8 Å². The monoisotopic (exact) mass is 1530 g/mol. The summed E-state index contributed by atoms with van der Waals surface area (Å²) in [7, 11) is 8.87. The molecule has 3 heterocycles. The number of piperidine rings is 1. The lowest BCUT2D eigenvalue weighted by Gasteiger charge is -2.45. The Bertz CT molecular complexity index is 3760. The third kappa shape index (κ3) is 20.0. The van der Waals surface area contributed by atoms with E-state index < -0.39 is 216 Å². The second-order valence-electron chi connectivity index (χ2n) is 29.4. The molecule has 4 aliphatic rings. The molecule has 1 aliphatic carbocycles. The number of fused-ring (bicyclic) bond motifs is 1. The van der Waals surface area contributed by atoms with E-state index in [0.717, 1.165) is 72.0 Å². The molecular weight excluding hydrogens is 1420 g/mol. The minimum absolute atomic E-state index is 0.0126. The van der Waals surface area contributed by atoms with Gasteiger partial charge in [-0.25, -0.2) is 8.78 Å². The largest absolute Gasteiger partial charge is 0.422 e. The quantitative estimate of drug-likeness (QED) is 0.167. The Morgan fingerprint density at radius 3 is 1.68 bits per heavy atom. The van der Waals surface area contributed by atoms with E-state index in [1.807, 2.05) is 0 Å². The lowest BCUT2D eigenvalue weighted by Crippen LogP contribution is -2.65. The van der Waals surface area contributed by atoms with E-state index in [0.29, 0.717) is 62.9 Å². The van der Waals surface area contributed by atoms with Gasteiger partial charge in [-0.3, -0.25) is 57.5 Å². The first-order chi connectivity index (χ1) is 50.6. The molecule has 594 valence electrons. The highest BCUT2D eigenvalue weighted by Crippen LogP contribution is 2.37. The molecule has 3 aromatic carbocycles. The summed E-state index contributed by atoms with van der Waals surface area (Å²) in [5.74, 6) is -15.3. The molecular formula is C76H102F8N12O12. The fraction of sp³-hybridized carbons (Fsp3) is 0.605. The van der Waals surface area contributed by atoms with Crippen LogP contribution < -0.4 is 16.0 Å².